The van der Waals surface area contributed by atoms with Crippen molar-refractivity contribution < 1.29 is 14.4 Å². The predicted octanol–water partition coefficient (Wildman–Crippen LogP) is 4.47. The van der Waals surface area contributed by atoms with Crippen molar-refractivity contribution >= 4 is 45.0 Å². The monoisotopic (exact) mass is 433 g/mol. The van der Waals surface area contributed by atoms with Gasteiger partial charge in [-0.2, -0.15) is 0 Å². The number of amides is 3. The summed E-state index contributed by atoms with van der Waals surface area (Å²) in [6, 6.07) is 14.3. The van der Waals surface area contributed by atoms with Crippen molar-refractivity contribution in [3.63, 3.8) is 0 Å². The molecule has 1 saturated heterocycles. The molecule has 3 amide bonds. The molecule has 158 valence electrons. The number of carbonyl (C=O) groups excluding carboxylic acids is 3. The molecule has 2 atom stereocenters. The molecule has 5 rings (SSSR count). The minimum absolute atomic E-state index is 0.0851. The fraction of sp³-hybridized carbons (Fsp3) is 0.333. The van der Waals surface area contributed by atoms with Gasteiger partial charge in [-0.15, -0.1) is 11.3 Å². The zero-order chi connectivity index (χ0) is 21.4. The molecule has 1 aromatic heterocycles. The molecule has 1 aliphatic heterocycles. The summed E-state index contributed by atoms with van der Waals surface area (Å²) < 4.78 is 0. The number of aromatic nitrogens is 1. The van der Waals surface area contributed by atoms with Crippen molar-refractivity contribution in [1.82, 2.24) is 9.88 Å². The van der Waals surface area contributed by atoms with Gasteiger partial charge in [0, 0.05) is 23.9 Å². The summed E-state index contributed by atoms with van der Waals surface area (Å²) in [7, 11) is 0. The fourth-order valence-corrected chi connectivity index (χ4v) is 5.39. The fourth-order valence-electron chi connectivity index (χ4n) is 4.66. The molecule has 2 aromatic carbocycles. The summed E-state index contributed by atoms with van der Waals surface area (Å²) in [5, 5.41) is 7.54. The number of likely N-dealkylation sites (tertiary alicyclic amines) is 1. The number of thiazole rings is 1. The summed E-state index contributed by atoms with van der Waals surface area (Å²) >= 11 is 1.36. The molecule has 1 saturated carbocycles. The van der Waals surface area contributed by atoms with Gasteiger partial charge in [0.2, 0.25) is 17.7 Å². The highest BCUT2D eigenvalue weighted by Crippen LogP contribution is 2.38. The number of benzene rings is 2. The van der Waals surface area contributed by atoms with E-state index in [0.717, 1.165) is 42.3 Å². The zero-order valence-electron chi connectivity index (χ0n) is 17.0. The highest BCUT2D eigenvalue weighted by atomic mass is 32.1. The number of hydrogen-bond donors (Lipinski definition) is 1. The van der Waals surface area contributed by atoms with E-state index in [-0.39, 0.29) is 42.5 Å². The Morgan fingerprint density at radius 1 is 1.03 bits per heavy atom. The molecule has 31 heavy (non-hydrogen) atoms. The number of imide groups is 1. The first-order valence-corrected chi connectivity index (χ1v) is 11.6. The first-order chi connectivity index (χ1) is 15.1. The van der Waals surface area contributed by atoms with E-state index in [1.54, 1.807) is 0 Å². The van der Waals surface area contributed by atoms with Gasteiger partial charge < -0.3 is 5.32 Å². The van der Waals surface area contributed by atoms with Crippen LogP contribution in [0.5, 0.6) is 0 Å². The molecule has 7 heteroatoms. The van der Waals surface area contributed by atoms with E-state index in [4.69, 9.17) is 0 Å². The summed E-state index contributed by atoms with van der Waals surface area (Å²) in [6.45, 7) is 0.138. The molecule has 2 aliphatic rings. The van der Waals surface area contributed by atoms with Crippen molar-refractivity contribution in [3.05, 3.63) is 47.8 Å². The Labute approximate surface area is 184 Å². The van der Waals surface area contributed by atoms with E-state index in [1.165, 1.54) is 21.6 Å². The Balaban J connectivity index is 1.21. The molecule has 0 bridgehead atoms. The number of hydrogen-bond acceptors (Lipinski definition) is 5. The number of fused-ring (bicyclic) bond motifs is 2. The molecular weight excluding hydrogens is 410 g/mol. The van der Waals surface area contributed by atoms with Crippen LogP contribution in [0.2, 0.25) is 0 Å². The van der Waals surface area contributed by atoms with Crippen LogP contribution in [0.3, 0.4) is 0 Å². The minimum atomic E-state index is -0.241. The van der Waals surface area contributed by atoms with Gasteiger partial charge in [-0.05, 0) is 29.7 Å². The van der Waals surface area contributed by atoms with Crippen molar-refractivity contribution in [3.8, 4) is 11.3 Å². The van der Waals surface area contributed by atoms with Crippen LogP contribution in [0.25, 0.3) is 22.0 Å². The smallest absolute Gasteiger partial charge is 0.233 e. The molecule has 0 unspecified atom stereocenters. The van der Waals surface area contributed by atoms with Crippen LogP contribution in [-0.2, 0) is 14.4 Å². The van der Waals surface area contributed by atoms with Crippen molar-refractivity contribution in [2.75, 3.05) is 11.9 Å². The first kappa shape index (κ1) is 19.9. The second kappa shape index (κ2) is 8.23. The molecule has 1 aliphatic carbocycles. The van der Waals surface area contributed by atoms with Gasteiger partial charge in [-0.1, -0.05) is 49.2 Å². The lowest BCUT2D eigenvalue weighted by Gasteiger charge is -2.19. The summed E-state index contributed by atoms with van der Waals surface area (Å²) in [5.41, 5.74) is 1.80. The van der Waals surface area contributed by atoms with Crippen LogP contribution in [0, 0.1) is 11.8 Å². The van der Waals surface area contributed by atoms with Crippen LogP contribution < -0.4 is 5.32 Å². The Kier molecular flexibility index (Phi) is 5.28. The third-order valence-electron chi connectivity index (χ3n) is 6.29. The lowest BCUT2D eigenvalue weighted by molar-refractivity contribution is -0.140. The molecule has 3 aromatic rings. The van der Waals surface area contributed by atoms with Crippen molar-refractivity contribution in [2.24, 2.45) is 11.8 Å². The highest BCUT2D eigenvalue weighted by molar-refractivity contribution is 7.14. The second-order valence-corrected chi connectivity index (χ2v) is 9.08. The average molecular weight is 434 g/mol. The maximum absolute atomic E-state index is 12.5. The standard InChI is InChI=1S/C24H23N3O3S/c28-21(11-12-27-22(29)18-7-3-4-8-19(18)23(27)30)26-24-25-20(14-31-24)17-10-9-15-5-1-2-6-16(15)13-17/h1-2,5-6,9-10,13-14,18-19H,3-4,7-8,11-12H2,(H,25,26,28)/t18-,19-/m0/s1. The Bertz CT molecular complexity index is 1150. The number of carbonyl (C=O) groups is 3. The van der Waals surface area contributed by atoms with E-state index < -0.39 is 0 Å². The molecule has 2 heterocycles. The number of nitrogens with zero attached hydrogens (tertiary/aromatic N) is 2. The van der Waals surface area contributed by atoms with E-state index in [9.17, 15) is 14.4 Å². The number of anilines is 1. The van der Waals surface area contributed by atoms with Gasteiger partial charge in [0.05, 0.1) is 17.5 Å². The van der Waals surface area contributed by atoms with Crippen molar-refractivity contribution in [1.29, 1.82) is 0 Å². The van der Waals surface area contributed by atoms with Gasteiger partial charge in [0.25, 0.3) is 0 Å². The molecule has 0 spiro atoms. The van der Waals surface area contributed by atoms with Crippen LogP contribution in [0.15, 0.2) is 47.8 Å². The maximum Gasteiger partial charge on any atom is 0.233 e. The highest BCUT2D eigenvalue weighted by Gasteiger charge is 2.47. The first-order valence-electron chi connectivity index (χ1n) is 10.7. The van der Waals surface area contributed by atoms with Gasteiger partial charge in [-0.3, -0.25) is 19.3 Å². The van der Waals surface area contributed by atoms with Crippen LogP contribution >= 0.6 is 11.3 Å². The Hall–Kier alpha value is -3.06. The summed E-state index contributed by atoms with van der Waals surface area (Å²) in [5.74, 6) is -0.791. The Morgan fingerprint density at radius 2 is 1.74 bits per heavy atom. The van der Waals surface area contributed by atoms with E-state index in [0.29, 0.717) is 5.13 Å². The normalized spacial score (nSPS) is 20.8. The number of rotatable bonds is 5. The van der Waals surface area contributed by atoms with E-state index >= 15 is 0 Å². The van der Waals surface area contributed by atoms with Crippen LogP contribution in [-0.4, -0.2) is 34.2 Å². The van der Waals surface area contributed by atoms with Crippen molar-refractivity contribution in [2.45, 2.75) is 32.1 Å². The molecule has 1 N–H and O–H groups in total. The quantitative estimate of drug-likeness (QED) is 0.602. The average Bonchev–Trinajstić information content (AvgIpc) is 3.35. The third kappa shape index (κ3) is 3.85. The van der Waals surface area contributed by atoms with E-state index in [1.807, 2.05) is 23.6 Å². The lowest BCUT2D eigenvalue weighted by atomic mass is 9.81. The second-order valence-electron chi connectivity index (χ2n) is 8.22. The Morgan fingerprint density at radius 3 is 2.48 bits per heavy atom. The maximum atomic E-state index is 12.5. The largest absolute Gasteiger partial charge is 0.302 e. The van der Waals surface area contributed by atoms with Gasteiger partial charge in [0.1, 0.15) is 0 Å². The van der Waals surface area contributed by atoms with Gasteiger partial charge in [0.15, 0.2) is 5.13 Å². The van der Waals surface area contributed by atoms with E-state index in [2.05, 4.69) is 34.6 Å². The topological polar surface area (TPSA) is 79.4 Å². The SMILES string of the molecule is O=C(CCN1C(=O)[C@H]2CCCC[C@@H]2C1=O)Nc1nc(-c2ccc3ccccc3c2)cs1. The van der Waals surface area contributed by atoms with Crippen LogP contribution in [0.1, 0.15) is 32.1 Å². The molecule has 6 nitrogen and oxygen atoms in total. The summed E-state index contributed by atoms with van der Waals surface area (Å²) in [6.07, 6.45) is 3.65. The summed E-state index contributed by atoms with van der Waals surface area (Å²) in [4.78, 5) is 43.3. The minimum Gasteiger partial charge on any atom is -0.302 e. The number of nitrogens with one attached hydrogen (secondary N) is 1. The predicted molar refractivity (Wildman–Crippen MR) is 120 cm³/mol. The molecule has 0 radical (unpaired) electrons. The van der Waals surface area contributed by atoms with Gasteiger partial charge >= 0.3 is 0 Å². The van der Waals surface area contributed by atoms with Gasteiger partial charge in [-0.25, -0.2) is 4.98 Å². The third-order valence-corrected chi connectivity index (χ3v) is 7.05. The molecular formula is C24H23N3O3S. The molecule has 2 fully saturated rings. The zero-order valence-corrected chi connectivity index (χ0v) is 17.9. The van der Waals surface area contributed by atoms with Crippen LogP contribution in [0.4, 0.5) is 5.13 Å². The lowest BCUT2D eigenvalue weighted by Crippen LogP contribution is -2.34.